The van der Waals surface area contributed by atoms with Crippen LogP contribution in [0, 0.1) is 16.7 Å². The molecule has 19 heavy (non-hydrogen) atoms. The maximum absolute atomic E-state index is 9.24. The van der Waals surface area contributed by atoms with Crippen molar-refractivity contribution in [3.63, 3.8) is 0 Å². The molecule has 0 spiro atoms. The number of hydrogen-bond acceptors (Lipinski definition) is 4. The average Bonchev–Trinajstić information content (AvgIpc) is 2.75. The molecule has 5 heteroatoms. The first-order chi connectivity index (χ1) is 9.13. The molecule has 0 bridgehead atoms. The van der Waals surface area contributed by atoms with E-state index in [-0.39, 0.29) is 5.41 Å². The van der Waals surface area contributed by atoms with Crippen molar-refractivity contribution in [2.75, 3.05) is 31.7 Å². The summed E-state index contributed by atoms with van der Waals surface area (Å²) in [4.78, 5) is 6.46. The van der Waals surface area contributed by atoms with Crippen molar-refractivity contribution < 1.29 is 4.74 Å². The standard InChI is InChI=1S/C14H16N4O/c1-17(7-14(6-15)8-19-9-14)11-3-4-13-12(5-11)16-10-18(13)2/h3-5,10H,7-9H2,1-2H3. The van der Waals surface area contributed by atoms with E-state index in [9.17, 15) is 5.26 Å². The summed E-state index contributed by atoms with van der Waals surface area (Å²) in [5.41, 5.74) is 2.81. The van der Waals surface area contributed by atoms with Gasteiger partial charge in [0.1, 0.15) is 5.41 Å². The van der Waals surface area contributed by atoms with Gasteiger partial charge in [-0.3, -0.25) is 0 Å². The largest absolute Gasteiger partial charge is 0.378 e. The summed E-state index contributed by atoms with van der Waals surface area (Å²) in [5, 5.41) is 9.24. The van der Waals surface area contributed by atoms with Crippen molar-refractivity contribution in [1.82, 2.24) is 9.55 Å². The molecule has 2 heterocycles. The summed E-state index contributed by atoms with van der Waals surface area (Å²) < 4.78 is 7.17. The summed E-state index contributed by atoms with van der Waals surface area (Å²) >= 11 is 0. The fraction of sp³-hybridized carbons (Fsp3) is 0.429. The zero-order chi connectivity index (χ0) is 13.5. The lowest BCUT2D eigenvalue weighted by Gasteiger charge is -2.38. The Balaban J connectivity index is 1.85. The molecular formula is C14H16N4O. The number of ether oxygens (including phenoxy) is 1. The Morgan fingerprint density at radius 3 is 2.95 bits per heavy atom. The summed E-state index contributed by atoms with van der Waals surface area (Å²) in [7, 11) is 3.98. The first kappa shape index (κ1) is 12.0. The molecule has 1 fully saturated rings. The third-order valence-corrected chi connectivity index (χ3v) is 3.68. The van der Waals surface area contributed by atoms with Crippen LogP contribution < -0.4 is 4.90 Å². The summed E-state index contributed by atoms with van der Waals surface area (Å²) in [6.07, 6.45) is 1.81. The topological polar surface area (TPSA) is 54.1 Å². The van der Waals surface area contributed by atoms with E-state index in [1.54, 1.807) is 0 Å². The van der Waals surface area contributed by atoms with E-state index >= 15 is 0 Å². The molecule has 1 aliphatic heterocycles. The van der Waals surface area contributed by atoms with Crippen LogP contribution in [0.5, 0.6) is 0 Å². The third-order valence-electron chi connectivity index (χ3n) is 3.68. The highest BCUT2D eigenvalue weighted by Gasteiger charge is 2.40. The smallest absolute Gasteiger partial charge is 0.121 e. The number of rotatable bonds is 3. The molecule has 0 N–H and O–H groups in total. The minimum Gasteiger partial charge on any atom is -0.378 e. The third kappa shape index (κ3) is 1.94. The number of nitriles is 1. The van der Waals surface area contributed by atoms with E-state index < -0.39 is 0 Å². The van der Waals surface area contributed by atoms with Gasteiger partial charge in [0.15, 0.2) is 0 Å². The molecular weight excluding hydrogens is 240 g/mol. The molecule has 0 radical (unpaired) electrons. The van der Waals surface area contributed by atoms with Gasteiger partial charge in [-0.15, -0.1) is 0 Å². The van der Waals surface area contributed by atoms with E-state index in [1.165, 1.54) is 0 Å². The van der Waals surface area contributed by atoms with Crippen molar-refractivity contribution in [3.8, 4) is 6.07 Å². The van der Waals surface area contributed by atoms with Crippen molar-refractivity contribution in [3.05, 3.63) is 24.5 Å². The van der Waals surface area contributed by atoms with Crippen LogP contribution in [0.1, 0.15) is 0 Å². The molecule has 1 saturated heterocycles. The lowest BCUT2D eigenvalue weighted by molar-refractivity contribution is -0.0716. The number of fused-ring (bicyclic) bond motifs is 1. The maximum atomic E-state index is 9.24. The maximum Gasteiger partial charge on any atom is 0.121 e. The van der Waals surface area contributed by atoms with Gasteiger partial charge in [-0.25, -0.2) is 4.98 Å². The SMILES string of the molecule is CN(CC1(C#N)COC1)c1ccc2c(c1)ncn2C. The number of nitrogens with zero attached hydrogens (tertiary/aromatic N) is 4. The minimum atomic E-state index is -0.353. The number of anilines is 1. The molecule has 0 amide bonds. The van der Waals surface area contributed by atoms with Crippen LogP contribution in [0.3, 0.4) is 0 Å². The Kier molecular flexibility index (Phi) is 2.68. The van der Waals surface area contributed by atoms with Gasteiger partial charge >= 0.3 is 0 Å². The van der Waals surface area contributed by atoms with Gasteiger partial charge < -0.3 is 14.2 Å². The second kappa shape index (κ2) is 4.25. The van der Waals surface area contributed by atoms with E-state index in [0.717, 1.165) is 16.7 Å². The zero-order valence-corrected chi connectivity index (χ0v) is 11.1. The van der Waals surface area contributed by atoms with Crippen molar-refractivity contribution in [1.29, 1.82) is 5.26 Å². The monoisotopic (exact) mass is 256 g/mol. The Morgan fingerprint density at radius 1 is 1.53 bits per heavy atom. The molecule has 2 aromatic rings. The van der Waals surface area contributed by atoms with Crippen LogP contribution in [-0.4, -0.2) is 36.4 Å². The van der Waals surface area contributed by atoms with E-state index in [1.807, 2.05) is 25.0 Å². The first-order valence-electron chi connectivity index (χ1n) is 6.25. The molecule has 5 nitrogen and oxygen atoms in total. The van der Waals surface area contributed by atoms with Gasteiger partial charge in [0.25, 0.3) is 0 Å². The fourth-order valence-corrected chi connectivity index (χ4v) is 2.45. The highest BCUT2D eigenvalue weighted by atomic mass is 16.5. The molecule has 0 saturated carbocycles. The van der Waals surface area contributed by atoms with Gasteiger partial charge in [0.05, 0.1) is 36.6 Å². The fourth-order valence-electron chi connectivity index (χ4n) is 2.45. The number of aromatic nitrogens is 2. The summed E-state index contributed by atoms with van der Waals surface area (Å²) in [6.45, 7) is 1.74. The summed E-state index contributed by atoms with van der Waals surface area (Å²) in [6, 6.07) is 8.55. The van der Waals surface area contributed by atoms with Crippen molar-refractivity contribution in [2.45, 2.75) is 0 Å². The molecule has 98 valence electrons. The second-order valence-corrected chi connectivity index (χ2v) is 5.27. The lowest BCUT2D eigenvalue weighted by atomic mass is 9.87. The van der Waals surface area contributed by atoms with E-state index in [4.69, 9.17) is 4.74 Å². The molecule has 0 aliphatic carbocycles. The lowest BCUT2D eigenvalue weighted by Crippen LogP contribution is -2.49. The number of benzene rings is 1. The van der Waals surface area contributed by atoms with Crippen LogP contribution in [0.25, 0.3) is 11.0 Å². The Labute approximate surface area is 112 Å². The van der Waals surface area contributed by atoms with Crippen molar-refractivity contribution >= 4 is 16.7 Å². The normalized spacial score (nSPS) is 16.9. The Hall–Kier alpha value is -2.06. The molecule has 3 rings (SSSR count). The van der Waals surface area contributed by atoms with E-state index in [0.29, 0.717) is 19.8 Å². The van der Waals surface area contributed by atoms with Crippen LogP contribution in [-0.2, 0) is 11.8 Å². The molecule has 0 atom stereocenters. The minimum absolute atomic E-state index is 0.353. The van der Waals surface area contributed by atoms with Gasteiger partial charge in [-0.1, -0.05) is 0 Å². The van der Waals surface area contributed by atoms with Gasteiger partial charge in [0, 0.05) is 26.3 Å². The van der Waals surface area contributed by atoms with Crippen molar-refractivity contribution in [2.24, 2.45) is 12.5 Å². The Bertz CT molecular complexity index is 651. The van der Waals surface area contributed by atoms with Gasteiger partial charge in [-0.05, 0) is 18.2 Å². The predicted molar refractivity (Wildman–Crippen MR) is 72.8 cm³/mol. The van der Waals surface area contributed by atoms with Gasteiger partial charge in [0.2, 0.25) is 0 Å². The van der Waals surface area contributed by atoms with Crippen LogP contribution in [0.15, 0.2) is 24.5 Å². The van der Waals surface area contributed by atoms with Crippen LogP contribution in [0.4, 0.5) is 5.69 Å². The zero-order valence-electron chi connectivity index (χ0n) is 11.1. The highest BCUT2D eigenvalue weighted by Crippen LogP contribution is 2.30. The number of imidazole rings is 1. The summed E-state index contributed by atoms with van der Waals surface area (Å²) in [5.74, 6) is 0. The van der Waals surface area contributed by atoms with E-state index in [2.05, 4.69) is 34.2 Å². The predicted octanol–water partition coefficient (Wildman–Crippen LogP) is 1.55. The molecule has 1 aromatic carbocycles. The van der Waals surface area contributed by atoms with Crippen LogP contribution in [0.2, 0.25) is 0 Å². The second-order valence-electron chi connectivity index (χ2n) is 5.27. The quantitative estimate of drug-likeness (QED) is 0.836. The first-order valence-corrected chi connectivity index (χ1v) is 6.25. The molecule has 1 aliphatic rings. The highest BCUT2D eigenvalue weighted by molar-refractivity contribution is 5.79. The van der Waals surface area contributed by atoms with Crippen LogP contribution >= 0.6 is 0 Å². The number of hydrogen-bond donors (Lipinski definition) is 0. The molecule has 0 unspecified atom stereocenters. The Morgan fingerprint density at radius 2 is 2.32 bits per heavy atom. The molecule has 1 aromatic heterocycles. The average molecular weight is 256 g/mol. The number of aryl methyl sites for hydroxylation is 1. The van der Waals surface area contributed by atoms with Gasteiger partial charge in [-0.2, -0.15) is 5.26 Å².